The number of hydrogen-bond acceptors (Lipinski definition) is 6. The summed E-state index contributed by atoms with van der Waals surface area (Å²) in [5.74, 6) is 0.245. The summed E-state index contributed by atoms with van der Waals surface area (Å²) in [4.78, 5) is 21.1. The van der Waals surface area contributed by atoms with Crippen LogP contribution in [0.4, 0.5) is 11.8 Å². The van der Waals surface area contributed by atoms with Gasteiger partial charge in [-0.05, 0) is 13.8 Å². The fourth-order valence-corrected chi connectivity index (χ4v) is 1.73. The molecule has 0 unspecified atom stereocenters. The Balaban J connectivity index is 2.55. The van der Waals surface area contributed by atoms with E-state index in [0.29, 0.717) is 16.9 Å². The van der Waals surface area contributed by atoms with Gasteiger partial charge in [0.25, 0.3) is 0 Å². The highest BCUT2D eigenvalue weighted by Gasteiger charge is 2.19. The van der Waals surface area contributed by atoms with E-state index in [0.717, 1.165) is 0 Å². The number of nitrogens with two attached hydrogens (primary N) is 2. The Morgan fingerprint density at radius 1 is 1.50 bits per heavy atom. The predicted molar refractivity (Wildman–Crippen MR) is 67.8 cm³/mol. The second-order valence-corrected chi connectivity index (χ2v) is 4.23. The quantitative estimate of drug-likeness (QED) is 0.678. The molecule has 0 aliphatic rings. The Morgan fingerprint density at radius 3 is 2.83 bits per heavy atom. The molecule has 2 heterocycles. The number of carbonyl (C=O) groups is 1. The summed E-state index contributed by atoms with van der Waals surface area (Å²) in [5.41, 5.74) is 11.4. The average molecular weight is 249 g/mol. The number of fused-ring (bicyclic) bond motifs is 1. The number of hydrogen-bond donors (Lipinski definition) is 3. The molecule has 18 heavy (non-hydrogen) atoms. The summed E-state index contributed by atoms with van der Waals surface area (Å²) in [6.45, 7) is 3.94. The molecule has 1 amide bonds. The van der Waals surface area contributed by atoms with Crippen molar-refractivity contribution in [1.82, 2.24) is 20.2 Å². The monoisotopic (exact) mass is 249 g/mol. The smallest absolute Gasteiger partial charge is 0.237 e. The zero-order chi connectivity index (χ0) is 13.3. The summed E-state index contributed by atoms with van der Waals surface area (Å²) in [6, 6.07) is 0.0462. The van der Waals surface area contributed by atoms with Gasteiger partial charge in [0.05, 0.1) is 18.1 Å². The molecule has 0 radical (unpaired) electrons. The fourth-order valence-electron chi connectivity index (χ4n) is 1.73. The van der Waals surface area contributed by atoms with Gasteiger partial charge >= 0.3 is 0 Å². The molecule has 8 nitrogen and oxygen atoms in total. The number of H-pyrrole nitrogens is 1. The second kappa shape index (κ2) is 4.47. The van der Waals surface area contributed by atoms with E-state index >= 15 is 0 Å². The summed E-state index contributed by atoms with van der Waals surface area (Å²) >= 11 is 0. The fraction of sp³-hybridized carbons (Fsp3) is 0.400. The maximum absolute atomic E-state index is 11.1. The first-order chi connectivity index (χ1) is 8.49. The summed E-state index contributed by atoms with van der Waals surface area (Å²) in [5, 5.41) is 7.33. The number of nitrogens with zero attached hydrogens (tertiary/aromatic N) is 4. The SMILES string of the molecule is CC(C)N(CC(N)=O)c1nc(N)nc2[nH]ncc12. The van der Waals surface area contributed by atoms with Crippen LogP contribution in [0, 0.1) is 0 Å². The number of aromatic nitrogens is 4. The van der Waals surface area contributed by atoms with Crippen LogP contribution in [-0.4, -0.2) is 38.7 Å². The maximum atomic E-state index is 11.1. The van der Waals surface area contributed by atoms with Crippen LogP contribution in [0.25, 0.3) is 11.0 Å². The lowest BCUT2D eigenvalue weighted by Gasteiger charge is -2.26. The molecule has 0 fully saturated rings. The summed E-state index contributed by atoms with van der Waals surface area (Å²) in [6.07, 6.45) is 1.60. The molecule has 0 bridgehead atoms. The predicted octanol–water partition coefficient (Wildman–Crippen LogP) is -0.365. The Bertz CT molecular complexity index is 577. The van der Waals surface area contributed by atoms with E-state index in [1.165, 1.54) is 0 Å². The molecule has 0 spiro atoms. The summed E-state index contributed by atoms with van der Waals surface area (Å²) < 4.78 is 0. The van der Waals surface area contributed by atoms with Crippen molar-refractivity contribution >= 4 is 28.7 Å². The van der Waals surface area contributed by atoms with E-state index < -0.39 is 5.91 Å². The molecular weight excluding hydrogens is 234 g/mol. The number of amides is 1. The lowest BCUT2D eigenvalue weighted by atomic mass is 10.2. The van der Waals surface area contributed by atoms with E-state index in [1.54, 1.807) is 11.1 Å². The van der Waals surface area contributed by atoms with Crippen LogP contribution in [0.5, 0.6) is 0 Å². The van der Waals surface area contributed by atoms with Crippen molar-refractivity contribution in [2.75, 3.05) is 17.2 Å². The van der Waals surface area contributed by atoms with Gasteiger partial charge in [0.1, 0.15) is 5.82 Å². The normalized spacial score (nSPS) is 11.1. The van der Waals surface area contributed by atoms with Gasteiger partial charge in [-0.25, -0.2) is 0 Å². The number of carbonyl (C=O) groups excluding carboxylic acids is 1. The van der Waals surface area contributed by atoms with Gasteiger partial charge in [0.15, 0.2) is 5.65 Å². The zero-order valence-electron chi connectivity index (χ0n) is 10.2. The van der Waals surface area contributed by atoms with Gasteiger partial charge in [-0.2, -0.15) is 15.1 Å². The first-order valence-corrected chi connectivity index (χ1v) is 5.50. The van der Waals surface area contributed by atoms with Crippen LogP contribution in [-0.2, 0) is 4.79 Å². The molecule has 2 aromatic heterocycles. The number of nitrogen functional groups attached to an aromatic ring is 1. The van der Waals surface area contributed by atoms with Crippen LogP contribution >= 0.6 is 0 Å². The van der Waals surface area contributed by atoms with Crippen molar-refractivity contribution in [3.05, 3.63) is 6.20 Å². The van der Waals surface area contributed by atoms with Gasteiger partial charge < -0.3 is 16.4 Å². The van der Waals surface area contributed by atoms with Crippen LogP contribution in [0.2, 0.25) is 0 Å². The Labute approximate surface area is 103 Å². The van der Waals surface area contributed by atoms with Gasteiger partial charge in [0, 0.05) is 6.04 Å². The van der Waals surface area contributed by atoms with Gasteiger partial charge in [0.2, 0.25) is 11.9 Å². The summed E-state index contributed by atoms with van der Waals surface area (Å²) in [7, 11) is 0. The average Bonchev–Trinajstić information content (AvgIpc) is 2.71. The van der Waals surface area contributed by atoms with Crippen molar-refractivity contribution in [3.8, 4) is 0 Å². The van der Waals surface area contributed by atoms with Gasteiger partial charge in [-0.1, -0.05) is 0 Å². The van der Waals surface area contributed by atoms with E-state index in [1.807, 2.05) is 13.8 Å². The molecule has 0 saturated carbocycles. The first kappa shape index (κ1) is 12.1. The molecule has 2 rings (SSSR count). The van der Waals surface area contributed by atoms with Crippen molar-refractivity contribution in [1.29, 1.82) is 0 Å². The molecule has 0 aliphatic heterocycles. The third kappa shape index (κ3) is 2.17. The molecule has 0 aromatic carbocycles. The number of nitrogens with one attached hydrogen (secondary N) is 1. The molecule has 5 N–H and O–H groups in total. The minimum Gasteiger partial charge on any atom is -0.368 e. The highest BCUT2D eigenvalue weighted by molar-refractivity contribution is 5.90. The van der Waals surface area contributed by atoms with E-state index in [-0.39, 0.29) is 18.5 Å². The Hall–Kier alpha value is -2.38. The van der Waals surface area contributed by atoms with Crippen LogP contribution in [0.15, 0.2) is 6.20 Å². The lowest BCUT2D eigenvalue weighted by Crippen LogP contribution is -2.39. The number of primary amides is 1. The molecule has 0 aliphatic carbocycles. The minimum absolute atomic E-state index is 0.0462. The minimum atomic E-state index is -0.433. The van der Waals surface area contributed by atoms with Crippen LogP contribution in [0.3, 0.4) is 0 Å². The molecular formula is C10H15N7O. The largest absolute Gasteiger partial charge is 0.368 e. The van der Waals surface area contributed by atoms with E-state index in [9.17, 15) is 4.79 Å². The third-order valence-electron chi connectivity index (χ3n) is 2.53. The van der Waals surface area contributed by atoms with Crippen LogP contribution in [0.1, 0.15) is 13.8 Å². The van der Waals surface area contributed by atoms with Gasteiger partial charge in [-0.15, -0.1) is 0 Å². The highest BCUT2D eigenvalue weighted by Crippen LogP contribution is 2.24. The van der Waals surface area contributed by atoms with Crippen molar-refractivity contribution < 1.29 is 4.79 Å². The third-order valence-corrected chi connectivity index (χ3v) is 2.53. The molecule has 2 aromatic rings. The number of aromatic amines is 1. The van der Waals surface area contributed by atoms with Crippen molar-refractivity contribution in [3.63, 3.8) is 0 Å². The maximum Gasteiger partial charge on any atom is 0.237 e. The topological polar surface area (TPSA) is 127 Å². The van der Waals surface area contributed by atoms with E-state index in [4.69, 9.17) is 11.5 Å². The van der Waals surface area contributed by atoms with Crippen LogP contribution < -0.4 is 16.4 Å². The first-order valence-electron chi connectivity index (χ1n) is 5.50. The molecule has 0 saturated heterocycles. The van der Waals surface area contributed by atoms with E-state index in [2.05, 4.69) is 20.2 Å². The van der Waals surface area contributed by atoms with Crippen molar-refractivity contribution in [2.24, 2.45) is 5.73 Å². The highest BCUT2D eigenvalue weighted by atomic mass is 16.1. The van der Waals surface area contributed by atoms with Gasteiger partial charge in [-0.3, -0.25) is 9.89 Å². The van der Waals surface area contributed by atoms with Crippen molar-refractivity contribution in [2.45, 2.75) is 19.9 Å². The molecule has 0 atom stereocenters. The second-order valence-electron chi connectivity index (χ2n) is 4.23. The number of anilines is 2. The lowest BCUT2D eigenvalue weighted by molar-refractivity contribution is -0.116. The standard InChI is InChI=1S/C10H15N7O/c1-5(2)17(4-7(11)18)9-6-3-13-16-8(6)14-10(12)15-9/h3,5H,4H2,1-2H3,(H2,11,18)(H3,12,13,14,15,16). The Kier molecular flexibility index (Phi) is 3.00. The Morgan fingerprint density at radius 2 is 2.22 bits per heavy atom. The zero-order valence-corrected chi connectivity index (χ0v) is 10.2. The number of rotatable bonds is 4. The molecule has 96 valence electrons. The molecule has 8 heteroatoms.